The van der Waals surface area contributed by atoms with Crippen molar-refractivity contribution in [2.75, 3.05) is 39.9 Å². The largest absolute Gasteiger partial charge is 0.453 e. The standard InChI is InChI=1S/C25H38N6O4/c1-16-7-5-10-28-22(16)23(29-11-6-12-30-25(33)34-4)17(2)21(26)18(3)31(19-8-9-19)24(32)20-15-27-13-14-35-20/h5,7,10,18-20,27H,6,8-9,11-15,26H2,1-4H3,(H,30,33)/t18-,20-/m1/s1. The molecular formula is C25H38N6O4. The van der Waals surface area contributed by atoms with Crippen LogP contribution in [0.15, 0.2) is 34.6 Å². The fourth-order valence-electron chi connectivity index (χ4n) is 4.17. The Labute approximate surface area is 207 Å². The summed E-state index contributed by atoms with van der Waals surface area (Å²) in [6, 6.07) is 3.73. The maximum atomic E-state index is 13.4. The minimum Gasteiger partial charge on any atom is -0.453 e. The van der Waals surface area contributed by atoms with Crippen molar-refractivity contribution < 1.29 is 19.1 Å². The van der Waals surface area contributed by atoms with Crippen LogP contribution in [0.3, 0.4) is 0 Å². The number of morpholine rings is 1. The monoisotopic (exact) mass is 486 g/mol. The van der Waals surface area contributed by atoms with E-state index in [-0.39, 0.29) is 18.0 Å². The molecule has 1 aliphatic heterocycles. The highest BCUT2D eigenvalue weighted by atomic mass is 16.5. The van der Waals surface area contributed by atoms with Crippen LogP contribution >= 0.6 is 0 Å². The topological polar surface area (TPSA) is 131 Å². The van der Waals surface area contributed by atoms with E-state index in [2.05, 4.69) is 20.4 Å². The van der Waals surface area contributed by atoms with Gasteiger partial charge in [-0.05, 0) is 57.2 Å². The van der Waals surface area contributed by atoms with E-state index in [0.29, 0.717) is 44.1 Å². The number of pyridine rings is 1. The number of ether oxygens (including phenoxy) is 2. The highest BCUT2D eigenvalue weighted by Crippen LogP contribution is 2.32. The number of nitrogens with zero attached hydrogens (tertiary/aromatic N) is 3. The van der Waals surface area contributed by atoms with E-state index in [4.69, 9.17) is 15.5 Å². The van der Waals surface area contributed by atoms with Gasteiger partial charge in [0.2, 0.25) is 0 Å². The Bertz CT molecular complexity index is 953. The van der Waals surface area contributed by atoms with Gasteiger partial charge in [0.25, 0.3) is 5.91 Å². The first-order valence-electron chi connectivity index (χ1n) is 12.2. The van der Waals surface area contributed by atoms with Crippen LogP contribution in [-0.2, 0) is 14.3 Å². The van der Waals surface area contributed by atoms with Crippen LogP contribution in [-0.4, -0.2) is 85.7 Å². The number of rotatable bonds is 10. The first-order valence-corrected chi connectivity index (χ1v) is 12.2. The molecule has 0 radical (unpaired) electrons. The number of allylic oxidation sites excluding steroid dienone is 1. The van der Waals surface area contributed by atoms with Crippen LogP contribution in [0.2, 0.25) is 0 Å². The lowest BCUT2D eigenvalue weighted by Gasteiger charge is -2.35. The summed E-state index contributed by atoms with van der Waals surface area (Å²) < 4.78 is 10.3. The maximum absolute atomic E-state index is 13.4. The lowest BCUT2D eigenvalue weighted by atomic mass is 9.99. The lowest BCUT2D eigenvalue weighted by molar-refractivity contribution is -0.147. The molecule has 10 heteroatoms. The van der Waals surface area contributed by atoms with Crippen molar-refractivity contribution in [3.63, 3.8) is 0 Å². The van der Waals surface area contributed by atoms with Gasteiger partial charge in [0.15, 0.2) is 0 Å². The van der Waals surface area contributed by atoms with Crippen LogP contribution in [0.4, 0.5) is 4.79 Å². The number of amides is 2. The van der Waals surface area contributed by atoms with Crippen LogP contribution < -0.4 is 16.4 Å². The molecule has 2 fully saturated rings. The Morgan fingerprint density at radius 3 is 2.83 bits per heavy atom. The number of hydrogen-bond donors (Lipinski definition) is 3. The molecule has 0 unspecified atom stereocenters. The minimum atomic E-state index is -0.492. The summed E-state index contributed by atoms with van der Waals surface area (Å²) in [6.45, 7) is 8.58. The Kier molecular flexibility index (Phi) is 9.62. The molecule has 192 valence electrons. The number of carbonyl (C=O) groups is 2. The van der Waals surface area contributed by atoms with Gasteiger partial charge in [0.1, 0.15) is 6.10 Å². The van der Waals surface area contributed by atoms with E-state index in [0.717, 1.165) is 36.2 Å². The van der Waals surface area contributed by atoms with Crippen LogP contribution in [0.25, 0.3) is 0 Å². The number of aliphatic imine (C=N–C) groups is 1. The first kappa shape index (κ1) is 26.6. The molecule has 1 aromatic heterocycles. The highest BCUT2D eigenvalue weighted by Gasteiger charge is 2.40. The number of carbonyl (C=O) groups excluding carboxylic acids is 2. The van der Waals surface area contributed by atoms with Crippen molar-refractivity contribution >= 4 is 17.7 Å². The molecule has 0 aromatic carbocycles. The van der Waals surface area contributed by atoms with E-state index >= 15 is 0 Å². The molecular weight excluding hydrogens is 448 g/mol. The first-order chi connectivity index (χ1) is 16.8. The van der Waals surface area contributed by atoms with Crippen LogP contribution in [0.1, 0.15) is 44.4 Å². The molecule has 1 aliphatic carbocycles. The molecule has 0 spiro atoms. The molecule has 1 saturated carbocycles. The number of aryl methyl sites for hydroxylation is 1. The summed E-state index contributed by atoms with van der Waals surface area (Å²) >= 11 is 0. The molecule has 3 rings (SSSR count). The molecule has 2 heterocycles. The van der Waals surface area contributed by atoms with Crippen molar-refractivity contribution in [3.8, 4) is 0 Å². The van der Waals surface area contributed by atoms with E-state index < -0.39 is 12.2 Å². The molecule has 1 aromatic rings. The maximum Gasteiger partial charge on any atom is 0.406 e. The lowest BCUT2D eigenvalue weighted by Crippen LogP contribution is -2.53. The van der Waals surface area contributed by atoms with Crippen LogP contribution in [0, 0.1) is 6.92 Å². The van der Waals surface area contributed by atoms with Gasteiger partial charge in [-0.3, -0.25) is 14.8 Å². The second-order valence-electron chi connectivity index (χ2n) is 8.97. The summed E-state index contributed by atoms with van der Waals surface area (Å²) in [5, 5.41) is 5.90. The van der Waals surface area contributed by atoms with Gasteiger partial charge in [-0.15, -0.1) is 0 Å². The van der Waals surface area contributed by atoms with Gasteiger partial charge in [-0.25, -0.2) is 4.79 Å². The number of nitrogens with two attached hydrogens (primary N) is 1. The predicted molar refractivity (Wildman–Crippen MR) is 134 cm³/mol. The van der Waals surface area contributed by atoms with Crippen molar-refractivity contribution in [3.05, 3.63) is 40.9 Å². The number of nitrogens with one attached hydrogen (secondary N) is 2. The fourth-order valence-corrected chi connectivity index (χ4v) is 4.17. The van der Waals surface area contributed by atoms with Gasteiger partial charge < -0.3 is 30.7 Å². The van der Waals surface area contributed by atoms with Crippen LogP contribution in [0.5, 0.6) is 0 Å². The SMILES string of the molecule is COC(=O)NCCCN=C(C(C)=C(N)[C@@H](C)N(C(=O)[C@H]1CNCCO1)C1CC1)c1ncccc1C. The van der Waals surface area contributed by atoms with Gasteiger partial charge in [-0.1, -0.05) is 6.07 Å². The van der Waals surface area contributed by atoms with Crippen molar-refractivity contribution in [1.29, 1.82) is 0 Å². The van der Waals surface area contributed by atoms with Crippen molar-refractivity contribution in [1.82, 2.24) is 20.5 Å². The van der Waals surface area contributed by atoms with E-state index in [9.17, 15) is 9.59 Å². The van der Waals surface area contributed by atoms with E-state index in [1.54, 1.807) is 6.20 Å². The molecule has 1 saturated heterocycles. The second-order valence-corrected chi connectivity index (χ2v) is 8.97. The molecule has 4 N–H and O–H groups in total. The number of methoxy groups -OCH3 is 1. The van der Waals surface area contributed by atoms with Crippen molar-refractivity contribution in [2.24, 2.45) is 10.7 Å². The van der Waals surface area contributed by atoms with Gasteiger partial charge >= 0.3 is 6.09 Å². The molecule has 2 amide bonds. The van der Waals surface area contributed by atoms with Gasteiger partial charge in [0.05, 0.1) is 31.2 Å². The molecule has 35 heavy (non-hydrogen) atoms. The zero-order chi connectivity index (χ0) is 25.4. The molecule has 0 bridgehead atoms. The summed E-state index contributed by atoms with van der Waals surface area (Å²) in [7, 11) is 1.33. The minimum absolute atomic E-state index is 0.0238. The normalized spacial score (nSPS) is 20.0. The number of aromatic nitrogens is 1. The predicted octanol–water partition coefficient (Wildman–Crippen LogP) is 1.53. The second kappa shape index (κ2) is 12.6. The Balaban J connectivity index is 1.84. The summed E-state index contributed by atoms with van der Waals surface area (Å²) in [5.41, 5.74) is 10.5. The average Bonchev–Trinajstić information content (AvgIpc) is 3.71. The third-order valence-corrected chi connectivity index (χ3v) is 6.35. The van der Waals surface area contributed by atoms with E-state index in [1.807, 2.05) is 37.8 Å². The Morgan fingerprint density at radius 1 is 1.43 bits per heavy atom. The fraction of sp³-hybridized carbons (Fsp3) is 0.600. The van der Waals surface area contributed by atoms with Gasteiger partial charge in [-0.2, -0.15) is 0 Å². The number of hydrogen-bond acceptors (Lipinski definition) is 8. The third kappa shape index (κ3) is 7.02. The third-order valence-electron chi connectivity index (χ3n) is 6.35. The zero-order valence-corrected chi connectivity index (χ0v) is 21.2. The molecule has 2 atom stereocenters. The quantitative estimate of drug-likeness (QED) is 0.338. The molecule has 10 nitrogen and oxygen atoms in total. The van der Waals surface area contributed by atoms with E-state index in [1.165, 1.54) is 7.11 Å². The van der Waals surface area contributed by atoms with Crippen molar-refractivity contribution in [2.45, 2.75) is 58.2 Å². The summed E-state index contributed by atoms with van der Waals surface area (Å²) in [5.74, 6) is -0.0238. The smallest absolute Gasteiger partial charge is 0.406 e. The number of alkyl carbamates (subject to hydrolysis) is 1. The van der Waals surface area contributed by atoms with Gasteiger partial charge in [0, 0.05) is 44.1 Å². The zero-order valence-electron chi connectivity index (χ0n) is 21.2. The highest BCUT2D eigenvalue weighted by molar-refractivity contribution is 6.12. The summed E-state index contributed by atoms with van der Waals surface area (Å²) in [4.78, 5) is 35.9. The summed E-state index contributed by atoms with van der Waals surface area (Å²) in [6.07, 6.45) is 3.34. The Hall–Kier alpha value is -2.98. The Morgan fingerprint density at radius 2 is 2.20 bits per heavy atom. The molecule has 2 aliphatic rings. The average molecular weight is 487 g/mol.